The molecule has 0 heterocycles. The van der Waals surface area contributed by atoms with Crippen molar-refractivity contribution in [1.82, 2.24) is 0 Å². The molecule has 0 saturated carbocycles. The Kier molecular flexibility index (Phi) is 6.26. The van der Waals surface area contributed by atoms with Gasteiger partial charge in [0.15, 0.2) is 0 Å². The van der Waals surface area contributed by atoms with Gasteiger partial charge in [-0.15, -0.1) is 0 Å². The molecule has 5 heteroatoms. The molecule has 1 atom stereocenters. The summed E-state index contributed by atoms with van der Waals surface area (Å²) in [6.07, 6.45) is 3.37. The fraction of sp³-hybridized carbons (Fsp3) is 0.643. The minimum Gasteiger partial charge on any atom is -0.481 e. The lowest BCUT2D eigenvalue weighted by Gasteiger charge is -2.32. The molecule has 0 aromatic carbocycles. The van der Waals surface area contributed by atoms with Gasteiger partial charge < -0.3 is 9.84 Å². The minimum atomic E-state index is -0.994. The molecule has 0 aromatic rings. The summed E-state index contributed by atoms with van der Waals surface area (Å²) in [6, 6.07) is 1.80. The third kappa shape index (κ3) is 5.12. The van der Waals surface area contributed by atoms with E-state index in [4.69, 9.17) is 15.1 Å². The molecular formula is C14H21NO4. The fourth-order valence-electron chi connectivity index (χ4n) is 1.79. The van der Waals surface area contributed by atoms with Crippen LogP contribution >= 0.6 is 0 Å². The molecule has 0 aromatic heterocycles. The molecule has 1 unspecified atom stereocenters. The molecule has 106 valence electrons. The summed E-state index contributed by atoms with van der Waals surface area (Å²) in [5.74, 6) is -1.38. The standard InChI is InChI=1S/C14H21NO4/c1-5-14(4,10-13(2,3)11(16)17)12(18)19-9-7-6-8-15/h6-7H,5,9-10H2,1-4H3,(H,16,17)/b7-6+. The average molecular weight is 267 g/mol. The maximum absolute atomic E-state index is 12.0. The van der Waals surface area contributed by atoms with Crippen molar-refractivity contribution in [3.63, 3.8) is 0 Å². The van der Waals surface area contributed by atoms with E-state index in [1.54, 1.807) is 26.8 Å². The third-order valence-corrected chi connectivity index (χ3v) is 3.19. The molecule has 0 bridgehead atoms. The molecule has 0 aliphatic carbocycles. The van der Waals surface area contributed by atoms with Crippen LogP contribution in [0.3, 0.4) is 0 Å². The van der Waals surface area contributed by atoms with Crippen molar-refractivity contribution >= 4 is 11.9 Å². The highest BCUT2D eigenvalue weighted by Crippen LogP contribution is 2.37. The summed E-state index contributed by atoms with van der Waals surface area (Å²) in [5, 5.41) is 17.4. The lowest BCUT2D eigenvalue weighted by molar-refractivity contribution is -0.159. The van der Waals surface area contributed by atoms with Gasteiger partial charge in [-0.25, -0.2) is 0 Å². The number of allylic oxidation sites excluding steroid dienone is 1. The van der Waals surface area contributed by atoms with Crippen molar-refractivity contribution < 1.29 is 19.4 Å². The van der Waals surface area contributed by atoms with Crippen LogP contribution in [0.5, 0.6) is 0 Å². The molecule has 0 radical (unpaired) electrons. The van der Waals surface area contributed by atoms with Gasteiger partial charge in [-0.2, -0.15) is 5.26 Å². The van der Waals surface area contributed by atoms with Crippen LogP contribution in [0.15, 0.2) is 12.2 Å². The Labute approximate surface area is 113 Å². The van der Waals surface area contributed by atoms with Crippen LogP contribution in [0.2, 0.25) is 0 Å². The van der Waals surface area contributed by atoms with Crippen molar-refractivity contribution in [2.45, 2.75) is 40.5 Å². The number of carboxylic acid groups (broad SMARTS) is 1. The van der Waals surface area contributed by atoms with Crippen molar-refractivity contribution in [3.8, 4) is 6.07 Å². The number of rotatable bonds is 7. The number of carbonyl (C=O) groups excluding carboxylic acids is 1. The quantitative estimate of drug-likeness (QED) is 0.565. The highest BCUT2D eigenvalue weighted by Gasteiger charge is 2.41. The number of ether oxygens (including phenoxy) is 1. The molecule has 0 saturated heterocycles. The molecule has 0 fully saturated rings. The molecule has 1 N–H and O–H groups in total. The minimum absolute atomic E-state index is 0.0233. The van der Waals surface area contributed by atoms with E-state index in [2.05, 4.69) is 0 Å². The van der Waals surface area contributed by atoms with Gasteiger partial charge in [0.1, 0.15) is 6.61 Å². The highest BCUT2D eigenvalue weighted by molar-refractivity contribution is 5.79. The molecule has 0 rings (SSSR count). The number of carboxylic acids is 1. The van der Waals surface area contributed by atoms with Crippen LogP contribution in [-0.2, 0) is 14.3 Å². The van der Waals surface area contributed by atoms with Crippen molar-refractivity contribution in [2.75, 3.05) is 6.61 Å². The summed E-state index contributed by atoms with van der Waals surface area (Å²) in [5.41, 5.74) is -1.84. The van der Waals surface area contributed by atoms with Gasteiger partial charge in [0.2, 0.25) is 0 Å². The maximum Gasteiger partial charge on any atom is 0.312 e. The number of carbonyl (C=O) groups is 2. The lowest BCUT2D eigenvalue weighted by atomic mass is 9.72. The summed E-state index contributed by atoms with van der Waals surface area (Å²) >= 11 is 0. The Balaban J connectivity index is 4.77. The average Bonchev–Trinajstić information content (AvgIpc) is 2.33. The molecule has 19 heavy (non-hydrogen) atoms. The number of hydrogen-bond acceptors (Lipinski definition) is 4. The zero-order chi connectivity index (χ0) is 15.1. The Morgan fingerprint density at radius 1 is 1.37 bits per heavy atom. The topological polar surface area (TPSA) is 87.4 Å². The Morgan fingerprint density at radius 2 is 1.95 bits per heavy atom. The van der Waals surface area contributed by atoms with Gasteiger partial charge in [-0.3, -0.25) is 9.59 Å². The van der Waals surface area contributed by atoms with Gasteiger partial charge in [0, 0.05) is 6.08 Å². The van der Waals surface area contributed by atoms with Crippen LogP contribution in [0, 0.1) is 22.2 Å². The number of esters is 1. The zero-order valence-corrected chi connectivity index (χ0v) is 11.9. The highest BCUT2D eigenvalue weighted by atomic mass is 16.5. The summed E-state index contributed by atoms with van der Waals surface area (Å²) in [7, 11) is 0. The van der Waals surface area contributed by atoms with Crippen molar-refractivity contribution in [1.29, 1.82) is 5.26 Å². The van der Waals surface area contributed by atoms with E-state index in [-0.39, 0.29) is 13.0 Å². The fourth-order valence-corrected chi connectivity index (χ4v) is 1.79. The first-order valence-electron chi connectivity index (χ1n) is 6.15. The Bertz CT molecular complexity index is 406. The number of nitrogens with zero attached hydrogens (tertiary/aromatic N) is 1. The normalized spacial score (nSPS) is 14.7. The molecular weight excluding hydrogens is 246 g/mol. The second-order valence-corrected chi connectivity index (χ2v) is 5.41. The second-order valence-electron chi connectivity index (χ2n) is 5.41. The first-order chi connectivity index (χ1) is 8.69. The van der Waals surface area contributed by atoms with Crippen LogP contribution in [0.4, 0.5) is 0 Å². The van der Waals surface area contributed by atoms with Gasteiger partial charge in [0.25, 0.3) is 0 Å². The Morgan fingerprint density at radius 3 is 2.37 bits per heavy atom. The van der Waals surface area contributed by atoms with Crippen LogP contribution in [-0.4, -0.2) is 23.7 Å². The van der Waals surface area contributed by atoms with E-state index in [1.165, 1.54) is 12.2 Å². The van der Waals surface area contributed by atoms with E-state index >= 15 is 0 Å². The molecule has 0 aliphatic rings. The van der Waals surface area contributed by atoms with Gasteiger partial charge in [-0.05, 0) is 39.7 Å². The smallest absolute Gasteiger partial charge is 0.312 e. The van der Waals surface area contributed by atoms with E-state index in [9.17, 15) is 9.59 Å². The predicted octanol–water partition coefficient (Wildman–Crippen LogP) is 2.53. The Hall–Kier alpha value is -1.83. The van der Waals surface area contributed by atoms with Crippen molar-refractivity contribution in [2.24, 2.45) is 10.8 Å². The van der Waals surface area contributed by atoms with Gasteiger partial charge >= 0.3 is 11.9 Å². The number of aliphatic carboxylic acids is 1. The SMILES string of the molecule is CCC(C)(CC(C)(C)C(=O)O)C(=O)OC/C=C/C#N. The molecule has 5 nitrogen and oxygen atoms in total. The monoisotopic (exact) mass is 267 g/mol. The van der Waals surface area contributed by atoms with Crippen LogP contribution in [0.25, 0.3) is 0 Å². The molecule has 0 aliphatic heterocycles. The van der Waals surface area contributed by atoms with Crippen LogP contribution < -0.4 is 0 Å². The summed E-state index contributed by atoms with van der Waals surface area (Å²) in [6.45, 7) is 6.73. The lowest BCUT2D eigenvalue weighted by Crippen LogP contribution is -2.37. The van der Waals surface area contributed by atoms with E-state index < -0.39 is 22.8 Å². The molecule has 0 amide bonds. The largest absolute Gasteiger partial charge is 0.481 e. The number of hydrogen-bond donors (Lipinski definition) is 1. The van der Waals surface area contributed by atoms with Gasteiger partial charge in [0.05, 0.1) is 16.9 Å². The molecule has 0 spiro atoms. The number of nitriles is 1. The third-order valence-electron chi connectivity index (χ3n) is 3.19. The predicted molar refractivity (Wildman–Crippen MR) is 70.1 cm³/mol. The first-order valence-corrected chi connectivity index (χ1v) is 6.15. The van der Waals surface area contributed by atoms with Crippen LogP contribution in [0.1, 0.15) is 40.5 Å². The van der Waals surface area contributed by atoms with E-state index in [1.807, 2.05) is 6.92 Å². The van der Waals surface area contributed by atoms with E-state index in [0.717, 1.165) is 0 Å². The maximum atomic E-state index is 12.0. The van der Waals surface area contributed by atoms with Crippen molar-refractivity contribution in [3.05, 3.63) is 12.2 Å². The summed E-state index contributed by atoms with van der Waals surface area (Å²) in [4.78, 5) is 23.2. The summed E-state index contributed by atoms with van der Waals surface area (Å²) < 4.78 is 5.06. The van der Waals surface area contributed by atoms with Gasteiger partial charge in [-0.1, -0.05) is 6.92 Å². The zero-order valence-electron chi connectivity index (χ0n) is 11.9. The second kappa shape index (κ2) is 6.93. The van der Waals surface area contributed by atoms with E-state index in [0.29, 0.717) is 6.42 Å². The first kappa shape index (κ1) is 17.2.